The number of carboxylic acid groups (broad SMARTS) is 1. The van der Waals surface area contributed by atoms with Gasteiger partial charge in [0.15, 0.2) is 5.69 Å². The first-order chi connectivity index (χ1) is 9.19. The molecule has 0 unspecified atom stereocenters. The monoisotopic (exact) mass is 269 g/mol. The lowest BCUT2D eigenvalue weighted by Gasteiger charge is -2.22. The second-order valence-electron chi connectivity index (χ2n) is 3.89. The molecule has 0 radical (unpaired) electrons. The lowest BCUT2D eigenvalue weighted by Crippen LogP contribution is -2.30. The molecule has 0 aliphatic heterocycles. The van der Waals surface area contributed by atoms with Crippen LogP contribution in [0.1, 0.15) is 16.9 Å². The molecule has 106 valence electrons. The van der Waals surface area contributed by atoms with Crippen molar-refractivity contribution in [2.75, 3.05) is 45.4 Å². The fraction of sp³-hybridized carbons (Fsp3) is 0.583. The molecule has 1 heterocycles. The van der Waals surface area contributed by atoms with Crippen molar-refractivity contribution in [1.82, 2.24) is 9.97 Å². The zero-order chi connectivity index (χ0) is 14.1. The predicted octanol–water partition coefficient (Wildman–Crippen LogP) is 0.664. The minimum atomic E-state index is -1.08. The van der Waals surface area contributed by atoms with Gasteiger partial charge in [-0.15, -0.1) is 0 Å². The average Bonchev–Trinajstić information content (AvgIpc) is 2.43. The quantitative estimate of drug-likeness (QED) is 0.659. The molecule has 7 nitrogen and oxygen atoms in total. The Bertz CT molecular complexity index is 383. The summed E-state index contributed by atoms with van der Waals surface area (Å²) in [5.41, 5.74) is -0.0627. The van der Waals surface area contributed by atoms with E-state index < -0.39 is 5.97 Å². The van der Waals surface area contributed by atoms with Gasteiger partial charge in [-0.2, -0.15) is 0 Å². The van der Waals surface area contributed by atoms with Crippen LogP contribution in [0, 0.1) is 0 Å². The number of rotatable bonds is 9. The van der Waals surface area contributed by atoms with Gasteiger partial charge in [0.1, 0.15) is 5.82 Å². The number of aromatic nitrogens is 2. The summed E-state index contributed by atoms with van der Waals surface area (Å²) < 4.78 is 10.1. The number of carbonyl (C=O) groups is 1. The molecule has 1 N–H and O–H groups in total. The Labute approximate surface area is 112 Å². The fourth-order valence-electron chi connectivity index (χ4n) is 1.54. The van der Waals surface area contributed by atoms with E-state index in [4.69, 9.17) is 14.6 Å². The summed E-state index contributed by atoms with van der Waals surface area (Å²) in [6.07, 6.45) is 3.57. The highest BCUT2D eigenvalue weighted by atomic mass is 16.5. The van der Waals surface area contributed by atoms with Crippen LogP contribution in [-0.4, -0.2) is 61.6 Å². The van der Waals surface area contributed by atoms with Gasteiger partial charge in [0, 0.05) is 33.9 Å². The van der Waals surface area contributed by atoms with Crippen LogP contribution in [0.25, 0.3) is 0 Å². The van der Waals surface area contributed by atoms with E-state index in [1.807, 2.05) is 4.90 Å². The molecular formula is C12H19N3O4. The highest BCUT2D eigenvalue weighted by Crippen LogP contribution is 2.09. The van der Waals surface area contributed by atoms with Crippen LogP contribution in [0.3, 0.4) is 0 Å². The number of anilines is 1. The van der Waals surface area contributed by atoms with E-state index in [1.165, 1.54) is 12.4 Å². The minimum Gasteiger partial charge on any atom is -0.476 e. The molecule has 0 atom stereocenters. The molecule has 0 saturated heterocycles. The fourth-order valence-corrected chi connectivity index (χ4v) is 1.54. The van der Waals surface area contributed by atoms with Crippen LogP contribution in [0.4, 0.5) is 5.82 Å². The maximum Gasteiger partial charge on any atom is 0.356 e. The van der Waals surface area contributed by atoms with Crippen LogP contribution in [-0.2, 0) is 9.47 Å². The second kappa shape index (κ2) is 8.39. The number of methoxy groups -OCH3 is 2. The maximum absolute atomic E-state index is 10.7. The van der Waals surface area contributed by atoms with Gasteiger partial charge in [-0.25, -0.2) is 14.8 Å². The Morgan fingerprint density at radius 3 is 2.47 bits per heavy atom. The number of ether oxygens (including phenoxy) is 2. The highest BCUT2D eigenvalue weighted by molar-refractivity contribution is 5.84. The van der Waals surface area contributed by atoms with Crippen LogP contribution in [0.15, 0.2) is 12.4 Å². The maximum atomic E-state index is 10.7. The number of hydrogen-bond donors (Lipinski definition) is 1. The molecule has 0 fully saturated rings. The third-order valence-electron chi connectivity index (χ3n) is 2.52. The molecule has 0 amide bonds. The van der Waals surface area contributed by atoms with Crippen molar-refractivity contribution in [1.29, 1.82) is 0 Å². The van der Waals surface area contributed by atoms with E-state index in [0.717, 1.165) is 13.0 Å². The second-order valence-corrected chi connectivity index (χ2v) is 3.89. The third-order valence-corrected chi connectivity index (χ3v) is 2.52. The number of carboxylic acids is 1. The van der Waals surface area contributed by atoms with E-state index in [1.54, 1.807) is 14.2 Å². The van der Waals surface area contributed by atoms with Gasteiger partial charge in [0.25, 0.3) is 0 Å². The Hall–Kier alpha value is -1.73. The molecule has 7 heteroatoms. The van der Waals surface area contributed by atoms with Gasteiger partial charge in [-0.1, -0.05) is 0 Å². The van der Waals surface area contributed by atoms with Gasteiger partial charge >= 0.3 is 5.97 Å². The summed E-state index contributed by atoms with van der Waals surface area (Å²) in [7, 11) is 3.29. The summed E-state index contributed by atoms with van der Waals surface area (Å²) in [6, 6.07) is 0. The van der Waals surface area contributed by atoms with Crippen LogP contribution < -0.4 is 4.90 Å². The average molecular weight is 269 g/mol. The molecular weight excluding hydrogens is 250 g/mol. The normalized spacial score (nSPS) is 10.4. The van der Waals surface area contributed by atoms with E-state index in [0.29, 0.717) is 25.6 Å². The molecule has 1 rings (SSSR count). The molecule has 0 saturated carbocycles. The Morgan fingerprint density at radius 2 is 1.95 bits per heavy atom. The predicted molar refractivity (Wildman–Crippen MR) is 69.6 cm³/mol. The first kappa shape index (κ1) is 15.3. The molecule has 0 aromatic carbocycles. The van der Waals surface area contributed by atoms with Crippen molar-refractivity contribution in [3.63, 3.8) is 0 Å². The van der Waals surface area contributed by atoms with Crippen LogP contribution in [0.2, 0.25) is 0 Å². The summed E-state index contributed by atoms with van der Waals surface area (Å²) in [5.74, 6) is -0.444. The molecule has 1 aromatic heterocycles. The standard InChI is InChI=1S/C12H19N3O4/c1-18-6-3-4-15(5-7-19-2)11-9-13-10(8-14-11)12(16)17/h8-9H,3-7H2,1-2H3,(H,16,17). The molecule has 0 bridgehead atoms. The number of aromatic carboxylic acids is 1. The van der Waals surface area contributed by atoms with Gasteiger partial charge in [-0.05, 0) is 6.42 Å². The lowest BCUT2D eigenvalue weighted by atomic mass is 10.3. The van der Waals surface area contributed by atoms with Crippen molar-refractivity contribution in [2.24, 2.45) is 0 Å². The summed E-state index contributed by atoms with van der Waals surface area (Å²) in [6.45, 7) is 2.64. The zero-order valence-corrected chi connectivity index (χ0v) is 11.2. The molecule has 0 spiro atoms. The van der Waals surface area contributed by atoms with Gasteiger partial charge in [0.2, 0.25) is 0 Å². The topological polar surface area (TPSA) is 84.8 Å². The van der Waals surface area contributed by atoms with Gasteiger partial charge in [0.05, 0.1) is 19.0 Å². The zero-order valence-electron chi connectivity index (χ0n) is 11.2. The first-order valence-corrected chi connectivity index (χ1v) is 5.97. The van der Waals surface area contributed by atoms with Crippen LogP contribution in [0.5, 0.6) is 0 Å². The summed E-state index contributed by atoms with van der Waals surface area (Å²) in [5, 5.41) is 8.78. The largest absolute Gasteiger partial charge is 0.476 e. The van der Waals surface area contributed by atoms with E-state index in [-0.39, 0.29) is 5.69 Å². The SMILES string of the molecule is COCCCN(CCOC)c1cnc(C(=O)O)cn1. The number of nitrogens with zero attached hydrogens (tertiary/aromatic N) is 3. The van der Waals surface area contributed by atoms with E-state index in [2.05, 4.69) is 9.97 Å². The Balaban J connectivity index is 2.68. The summed E-state index contributed by atoms with van der Waals surface area (Å²) in [4.78, 5) is 20.7. The molecule has 1 aromatic rings. The minimum absolute atomic E-state index is 0.0627. The Morgan fingerprint density at radius 1 is 1.21 bits per heavy atom. The van der Waals surface area contributed by atoms with Gasteiger partial charge in [-0.3, -0.25) is 0 Å². The molecule has 19 heavy (non-hydrogen) atoms. The van der Waals surface area contributed by atoms with Crippen LogP contribution >= 0.6 is 0 Å². The third kappa shape index (κ3) is 5.19. The van der Waals surface area contributed by atoms with Crippen molar-refractivity contribution in [2.45, 2.75) is 6.42 Å². The van der Waals surface area contributed by atoms with Crippen molar-refractivity contribution >= 4 is 11.8 Å². The number of hydrogen-bond acceptors (Lipinski definition) is 6. The smallest absolute Gasteiger partial charge is 0.356 e. The Kier molecular flexibility index (Phi) is 6.76. The lowest BCUT2D eigenvalue weighted by molar-refractivity contribution is 0.0690. The van der Waals surface area contributed by atoms with Crippen molar-refractivity contribution in [3.8, 4) is 0 Å². The molecule has 0 aliphatic carbocycles. The molecule has 0 aliphatic rings. The van der Waals surface area contributed by atoms with Gasteiger partial charge < -0.3 is 19.5 Å². The van der Waals surface area contributed by atoms with E-state index in [9.17, 15) is 4.79 Å². The first-order valence-electron chi connectivity index (χ1n) is 5.97. The van der Waals surface area contributed by atoms with E-state index >= 15 is 0 Å². The van der Waals surface area contributed by atoms with Crippen molar-refractivity contribution < 1.29 is 19.4 Å². The summed E-state index contributed by atoms with van der Waals surface area (Å²) >= 11 is 0. The highest BCUT2D eigenvalue weighted by Gasteiger charge is 2.10. The van der Waals surface area contributed by atoms with Crippen molar-refractivity contribution in [3.05, 3.63) is 18.1 Å².